The minimum atomic E-state index is -0.705. The summed E-state index contributed by atoms with van der Waals surface area (Å²) in [6.07, 6.45) is 3.73. The summed E-state index contributed by atoms with van der Waals surface area (Å²) in [7, 11) is 0. The Morgan fingerprint density at radius 1 is 1.73 bits per heavy atom. The van der Waals surface area contributed by atoms with Crippen LogP contribution in [0.3, 0.4) is 0 Å². The molecule has 0 bridgehead atoms. The molecule has 1 aliphatic carbocycles. The Balaban J connectivity index is 2.63. The fraction of sp³-hybridized carbons (Fsp3) is 0.875. The van der Waals surface area contributed by atoms with Gasteiger partial charge in [0.15, 0.2) is 0 Å². The molecule has 2 nitrogen and oxygen atoms in total. The van der Waals surface area contributed by atoms with Crippen LogP contribution in [0.15, 0.2) is 0 Å². The van der Waals surface area contributed by atoms with E-state index < -0.39 is 10.3 Å². The normalized spacial score (nSPS) is 38.5. The molecule has 0 spiro atoms. The van der Waals surface area contributed by atoms with Crippen molar-refractivity contribution in [3.63, 3.8) is 0 Å². The number of alkyl halides is 1. The van der Waals surface area contributed by atoms with Gasteiger partial charge in [-0.3, -0.25) is 4.79 Å². The Morgan fingerprint density at radius 2 is 2.36 bits per heavy atom. The molecule has 0 heterocycles. The van der Waals surface area contributed by atoms with Crippen LogP contribution >= 0.6 is 15.9 Å². The average Bonchev–Trinajstić information content (AvgIpc) is 1.86. The third-order valence-electron chi connectivity index (χ3n) is 2.33. The van der Waals surface area contributed by atoms with Gasteiger partial charge in [0.1, 0.15) is 4.32 Å². The zero-order valence-electron chi connectivity index (χ0n) is 6.64. The molecule has 1 N–H and O–H groups in total. The van der Waals surface area contributed by atoms with E-state index in [4.69, 9.17) is 5.11 Å². The Hall–Kier alpha value is -0.0500. The molecule has 3 heteroatoms. The molecular formula is C8H13BrO2. The molecule has 2 atom stereocenters. The second-order valence-corrected chi connectivity index (χ2v) is 4.99. The molecule has 11 heavy (non-hydrogen) atoms. The molecule has 64 valence electrons. The lowest BCUT2D eigenvalue weighted by Crippen LogP contribution is -2.36. The van der Waals surface area contributed by atoms with Crippen LogP contribution in [0.2, 0.25) is 0 Å². The first-order valence-electron chi connectivity index (χ1n) is 3.97. The molecule has 0 amide bonds. The lowest BCUT2D eigenvalue weighted by molar-refractivity contribution is -0.140. The van der Waals surface area contributed by atoms with Gasteiger partial charge in [-0.05, 0) is 18.8 Å². The van der Waals surface area contributed by atoms with Gasteiger partial charge in [0.05, 0.1) is 0 Å². The third kappa shape index (κ3) is 1.95. The van der Waals surface area contributed by atoms with E-state index in [0.29, 0.717) is 5.92 Å². The van der Waals surface area contributed by atoms with Crippen LogP contribution in [-0.4, -0.2) is 15.4 Å². The first-order chi connectivity index (χ1) is 5.04. The van der Waals surface area contributed by atoms with Crippen LogP contribution in [0.5, 0.6) is 0 Å². The van der Waals surface area contributed by atoms with Gasteiger partial charge in [-0.2, -0.15) is 0 Å². The minimum absolute atomic E-state index is 0.541. The van der Waals surface area contributed by atoms with Gasteiger partial charge in [-0.15, -0.1) is 0 Å². The second kappa shape index (κ2) is 3.13. The summed E-state index contributed by atoms with van der Waals surface area (Å²) in [5.41, 5.74) is 0. The van der Waals surface area contributed by atoms with Crippen molar-refractivity contribution in [2.45, 2.75) is 36.9 Å². The molecule has 2 unspecified atom stereocenters. The Labute approximate surface area is 75.1 Å². The molecule has 1 rings (SSSR count). The first-order valence-corrected chi connectivity index (χ1v) is 4.76. The molecule has 1 saturated carbocycles. The van der Waals surface area contributed by atoms with Gasteiger partial charge in [0.2, 0.25) is 0 Å². The largest absolute Gasteiger partial charge is 0.480 e. The fourth-order valence-corrected chi connectivity index (χ4v) is 2.51. The van der Waals surface area contributed by atoms with Gasteiger partial charge in [0.25, 0.3) is 0 Å². The molecule has 1 aliphatic rings. The first kappa shape index (κ1) is 9.04. The number of hydrogen-bond acceptors (Lipinski definition) is 1. The standard InChI is InChI=1S/C8H13BrO2/c1-6-3-2-4-8(9,5-6)7(10)11/h6H,2-5H2,1H3,(H,10,11). The number of carboxylic acid groups (broad SMARTS) is 1. The van der Waals surface area contributed by atoms with E-state index in [2.05, 4.69) is 22.9 Å². The summed E-state index contributed by atoms with van der Waals surface area (Å²) >= 11 is 3.30. The summed E-state index contributed by atoms with van der Waals surface area (Å²) < 4.78 is -0.620. The highest BCUT2D eigenvalue weighted by Crippen LogP contribution is 2.38. The smallest absolute Gasteiger partial charge is 0.320 e. The monoisotopic (exact) mass is 220 g/mol. The van der Waals surface area contributed by atoms with Crippen LogP contribution < -0.4 is 0 Å². The lowest BCUT2D eigenvalue weighted by Gasteiger charge is -2.31. The molecule has 0 aromatic heterocycles. The fourth-order valence-electron chi connectivity index (χ4n) is 1.68. The SMILES string of the molecule is CC1CCCC(Br)(C(=O)O)C1. The third-order valence-corrected chi connectivity index (χ3v) is 3.38. The van der Waals surface area contributed by atoms with Crippen LogP contribution in [0.25, 0.3) is 0 Å². The molecule has 0 saturated heterocycles. The zero-order valence-corrected chi connectivity index (χ0v) is 8.23. The molecule has 1 fully saturated rings. The molecule has 0 radical (unpaired) electrons. The number of carbonyl (C=O) groups is 1. The Morgan fingerprint density at radius 3 is 2.73 bits per heavy atom. The highest BCUT2D eigenvalue weighted by molar-refractivity contribution is 9.10. The lowest BCUT2D eigenvalue weighted by atomic mass is 9.82. The van der Waals surface area contributed by atoms with Crippen molar-refractivity contribution >= 4 is 21.9 Å². The number of hydrogen-bond donors (Lipinski definition) is 1. The van der Waals surface area contributed by atoms with Crippen molar-refractivity contribution in [1.29, 1.82) is 0 Å². The number of carboxylic acids is 1. The van der Waals surface area contributed by atoms with Crippen molar-refractivity contribution in [2.24, 2.45) is 5.92 Å². The van der Waals surface area contributed by atoms with Crippen molar-refractivity contribution < 1.29 is 9.90 Å². The molecule has 0 aromatic carbocycles. The Kier molecular flexibility index (Phi) is 2.58. The van der Waals surface area contributed by atoms with E-state index >= 15 is 0 Å². The predicted octanol–water partition coefficient (Wildman–Crippen LogP) is 2.41. The maximum Gasteiger partial charge on any atom is 0.320 e. The summed E-state index contributed by atoms with van der Waals surface area (Å²) in [5.74, 6) is -0.164. The Bertz CT molecular complexity index is 169. The molecule has 0 aliphatic heterocycles. The van der Waals surface area contributed by atoms with E-state index in [1.54, 1.807) is 0 Å². The van der Waals surface area contributed by atoms with Crippen LogP contribution in [0, 0.1) is 5.92 Å². The molecular weight excluding hydrogens is 208 g/mol. The quantitative estimate of drug-likeness (QED) is 0.690. The highest BCUT2D eigenvalue weighted by Gasteiger charge is 2.39. The van der Waals surface area contributed by atoms with E-state index in [1.165, 1.54) is 6.42 Å². The number of rotatable bonds is 1. The van der Waals surface area contributed by atoms with Crippen LogP contribution in [0.4, 0.5) is 0 Å². The van der Waals surface area contributed by atoms with E-state index in [9.17, 15) is 4.79 Å². The van der Waals surface area contributed by atoms with Crippen molar-refractivity contribution in [1.82, 2.24) is 0 Å². The van der Waals surface area contributed by atoms with Gasteiger partial charge >= 0.3 is 5.97 Å². The van der Waals surface area contributed by atoms with E-state index in [0.717, 1.165) is 19.3 Å². The van der Waals surface area contributed by atoms with Crippen molar-refractivity contribution in [3.8, 4) is 0 Å². The summed E-state index contributed by atoms with van der Waals surface area (Å²) in [5, 5.41) is 8.87. The average molecular weight is 221 g/mol. The summed E-state index contributed by atoms with van der Waals surface area (Å²) in [6, 6.07) is 0. The molecule has 0 aromatic rings. The van der Waals surface area contributed by atoms with Gasteiger partial charge in [0, 0.05) is 0 Å². The van der Waals surface area contributed by atoms with Crippen LogP contribution in [-0.2, 0) is 4.79 Å². The number of halogens is 1. The van der Waals surface area contributed by atoms with E-state index in [-0.39, 0.29) is 0 Å². The maximum atomic E-state index is 10.8. The summed E-state index contributed by atoms with van der Waals surface area (Å²) in [4.78, 5) is 10.8. The van der Waals surface area contributed by atoms with E-state index in [1.807, 2.05) is 0 Å². The van der Waals surface area contributed by atoms with Gasteiger partial charge in [-0.25, -0.2) is 0 Å². The maximum absolute atomic E-state index is 10.8. The zero-order chi connectivity index (χ0) is 8.48. The summed E-state index contributed by atoms with van der Waals surface area (Å²) in [6.45, 7) is 2.11. The van der Waals surface area contributed by atoms with Crippen molar-refractivity contribution in [2.75, 3.05) is 0 Å². The second-order valence-electron chi connectivity index (χ2n) is 3.47. The van der Waals surface area contributed by atoms with Crippen LogP contribution in [0.1, 0.15) is 32.6 Å². The topological polar surface area (TPSA) is 37.3 Å². The van der Waals surface area contributed by atoms with Crippen molar-refractivity contribution in [3.05, 3.63) is 0 Å². The highest BCUT2D eigenvalue weighted by atomic mass is 79.9. The minimum Gasteiger partial charge on any atom is -0.480 e. The van der Waals surface area contributed by atoms with Gasteiger partial charge in [-0.1, -0.05) is 35.7 Å². The number of aliphatic carboxylic acids is 1. The van der Waals surface area contributed by atoms with Gasteiger partial charge < -0.3 is 5.11 Å². The predicted molar refractivity (Wildman–Crippen MR) is 46.9 cm³/mol.